The summed E-state index contributed by atoms with van der Waals surface area (Å²) in [5.74, 6) is 0.991. The van der Waals surface area contributed by atoms with Crippen molar-refractivity contribution < 1.29 is 0 Å². The third-order valence-electron chi connectivity index (χ3n) is 3.05. The highest BCUT2D eigenvalue weighted by atomic mass is 35.5. The van der Waals surface area contributed by atoms with E-state index in [4.69, 9.17) is 0 Å². The quantitative estimate of drug-likeness (QED) is 0.488. The molecule has 0 saturated heterocycles. The van der Waals surface area contributed by atoms with Gasteiger partial charge in [0.25, 0.3) is 0 Å². The van der Waals surface area contributed by atoms with Crippen LogP contribution in [0.5, 0.6) is 0 Å². The molecule has 3 rings (SSSR count). The van der Waals surface area contributed by atoms with Crippen molar-refractivity contribution in [3.05, 3.63) is 52.7 Å². The van der Waals surface area contributed by atoms with Crippen molar-refractivity contribution in [2.45, 2.75) is 18.1 Å². The molecule has 8 heteroatoms. The van der Waals surface area contributed by atoms with Gasteiger partial charge >= 0.3 is 0 Å². The number of thiophene rings is 1. The molecular formula is C15H18ClN5S2. The van der Waals surface area contributed by atoms with Gasteiger partial charge < -0.3 is 5.32 Å². The van der Waals surface area contributed by atoms with E-state index in [9.17, 15) is 0 Å². The molecule has 0 unspecified atom stereocenters. The molecule has 2 heterocycles. The summed E-state index contributed by atoms with van der Waals surface area (Å²) >= 11 is 3.47. The average molecular weight is 368 g/mol. The SMILES string of the molecule is Cl.c1ccc(-n2nnnc2SCCCNCc2cccs2)cc1. The second-order valence-electron chi connectivity index (χ2n) is 4.67. The highest BCUT2D eigenvalue weighted by molar-refractivity contribution is 7.99. The number of para-hydroxylation sites is 1. The average Bonchev–Trinajstić information content (AvgIpc) is 3.23. The Morgan fingerprint density at radius 3 is 2.78 bits per heavy atom. The molecule has 122 valence electrons. The van der Waals surface area contributed by atoms with Crippen molar-refractivity contribution in [3.63, 3.8) is 0 Å². The lowest BCUT2D eigenvalue weighted by atomic mass is 10.3. The first-order valence-electron chi connectivity index (χ1n) is 7.13. The lowest BCUT2D eigenvalue weighted by Gasteiger charge is -2.04. The number of hydrogen-bond donors (Lipinski definition) is 1. The number of halogens is 1. The van der Waals surface area contributed by atoms with Crippen molar-refractivity contribution in [1.29, 1.82) is 0 Å². The van der Waals surface area contributed by atoms with Crippen molar-refractivity contribution in [3.8, 4) is 5.69 Å². The number of thioether (sulfide) groups is 1. The molecule has 0 amide bonds. The van der Waals surface area contributed by atoms with Crippen molar-refractivity contribution in [2.24, 2.45) is 0 Å². The van der Waals surface area contributed by atoms with E-state index in [2.05, 4.69) is 38.4 Å². The number of aromatic nitrogens is 4. The molecule has 1 N–H and O–H groups in total. The molecule has 2 aromatic heterocycles. The lowest BCUT2D eigenvalue weighted by molar-refractivity contribution is 0.684. The first-order valence-corrected chi connectivity index (χ1v) is 9.00. The van der Waals surface area contributed by atoms with E-state index >= 15 is 0 Å². The van der Waals surface area contributed by atoms with Gasteiger partial charge in [0, 0.05) is 17.2 Å². The van der Waals surface area contributed by atoms with Crippen LogP contribution in [-0.2, 0) is 6.54 Å². The van der Waals surface area contributed by atoms with Crippen LogP contribution >= 0.6 is 35.5 Å². The third-order valence-corrected chi connectivity index (χ3v) is 4.93. The predicted molar refractivity (Wildman–Crippen MR) is 97.8 cm³/mol. The minimum Gasteiger partial charge on any atom is -0.312 e. The molecule has 0 aliphatic heterocycles. The topological polar surface area (TPSA) is 55.6 Å². The fourth-order valence-electron chi connectivity index (χ4n) is 1.99. The van der Waals surface area contributed by atoms with Crippen LogP contribution in [0, 0.1) is 0 Å². The Balaban J connectivity index is 0.00000192. The monoisotopic (exact) mass is 367 g/mol. The number of nitrogens with zero attached hydrogens (tertiary/aromatic N) is 4. The second kappa shape index (κ2) is 9.67. The fourth-order valence-corrected chi connectivity index (χ4v) is 3.49. The van der Waals surface area contributed by atoms with E-state index in [1.807, 2.05) is 30.3 Å². The minimum absolute atomic E-state index is 0. The van der Waals surface area contributed by atoms with E-state index in [1.54, 1.807) is 27.8 Å². The molecular weight excluding hydrogens is 350 g/mol. The zero-order chi connectivity index (χ0) is 15.0. The van der Waals surface area contributed by atoms with Crippen LogP contribution in [0.25, 0.3) is 5.69 Å². The van der Waals surface area contributed by atoms with Gasteiger partial charge in [0.05, 0.1) is 5.69 Å². The zero-order valence-electron chi connectivity index (χ0n) is 12.5. The minimum atomic E-state index is 0. The van der Waals surface area contributed by atoms with Crippen molar-refractivity contribution in [1.82, 2.24) is 25.5 Å². The smallest absolute Gasteiger partial charge is 0.214 e. The van der Waals surface area contributed by atoms with E-state index in [-0.39, 0.29) is 12.4 Å². The summed E-state index contributed by atoms with van der Waals surface area (Å²) in [5.41, 5.74) is 0.992. The molecule has 0 aliphatic carbocycles. The Morgan fingerprint density at radius 2 is 2.00 bits per heavy atom. The van der Waals surface area contributed by atoms with Gasteiger partial charge in [0.1, 0.15) is 0 Å². The van der Waals surface area contributed by atoms with E-state index in [0.29, 0.717) is 0 Å². The largest absolute Gasteiger partial charge is 0.312 e. The van der Waals surface area contributed by atoms with Crippen LogP contribution in [-0.4, -0.2) is 32.5 Å². The molecule has 0 saturated carbocycles. The number of benzene rings is 1. The predicted octanol–water partition coefficient (Wildman–Crippen LogP) is 3.42. The Kier molecular flexibility index (Phi) is 7.54. The van der Waals surface area contributed by atoms with Gasteiger partial charge in [0.2, 0.25) is 5.16 Å². The zero-order valence-corrected chi connectivity index (χ0v) is 14.9. The van der Waals surface area contributed by atoms with Crippen molar-refractivity contribution >= 4 is 35.5 Å². The van der Waals surface area contributed by atoms with Crippen LogP contribution in [0.3, 0.4) is 0 Å². The summed E-state index contributed by atoms with van der Waals surface area (Å²) in [6.45, 7) is 1.95. The number of rotatable bonds is 8. The molecule has 0 bridgehead atoms. The first kappa shape index (κ1) is 17.9. The summed E-state index contributed by atoms with van der Waals surface area (Å²) in [6, 6.07) is 14.2. The van der Waals surface area contributed by atoms with Gasteiger partial charge in [-0.2, -0.15) is 4.68 Å². The van der Waals surface area contributed by atoms with Gasteiger partial charge in [-0.1, -0.05) is 36.0 Å². The molecule has 5 nitrogen and oxygen atoms in total. The molecule has 0 atom stereocenters. The van der Waals surface area contributed by atoms with Crippen molar-refractivity contribution in [2.75, 3.05) is 12.3 Å². The Bertz CT molecular complexity index is 672. The number of tetrazole rings is 1. The Labute approximate surface area is 149 Å². The van der Waals surface area contributed by atoms with Gasteiger partial charge in [-0.15, -0.1) is 28.8 Å². The fraction of sp³-hybridized carbons (Fsp3) is 0.267. The Hall–Kier alpha value is -1.41. The van der Waals surface area contributed by atoms with Crippen LogP contribution in [0.4, 0.5) is 0 Å². The highest BCUT2D eigenvalue weighted by Crippen LogP contribution is 2.18. The van der Waals surface area contributed by atoms with E-state index in [1.165, 1.54) is 4.88 Å². The van der Waals surface area contributed by atoms with Gasteiger partial charge in [0.15, 0.2) is 0 Å². The first-order chi connectivity index (χ1) is 10.9. The maximum Gasteiger partial charge on any atom is 0.214 e. The summed E-state index contributed by atoms with van der Waals surface area (Å²) in [6.07, 6.45) is 1.08. The van der Waals surface area contributed by atoms with Crippen LogP contribution < -0.4 is 5.32 Å². The summed E-state index contributed by atoms with van der Waals surface area (Å²) in [7, 11) is 0. The molecule has 0 spiro atoms. The molecule has 1 aromatic carbocycles. The number of hydrogen-bond acceptors (Lipinski definition) is 6. The Morgan fingerprint density at radius 1 is 1.13 bits per heavy atom. The van der Waals surface area contributed by atoms with Crippen LogP contribution in [0.2, 0.25) is 0 Å². The van der Waals surface area contributed by atoms with Gasteiger partial charge in [-0.05, 0) is 47.0 Å². The van der Waals surface area contributed by atoms with E-state index in [0.717, 1.165) is 36.1 Å². The molecule has 0 radical (unpaired) electrons. The van der Waals surface area contributed by atoms with Crippen LogP contribution in [0.15, 0.2) is 53.0 Å². The van der Waals surface area contributed by atoms with Crippen LogP contribution in [0.1, 0.15) is 11.3 Å². The third kappa shape index (κ3) is 5.31. The van der Waals surface area contributed by atoms with Gasteiger partial charge in [-0.3, -0.25) is 0 Å². The highest BCUT2D eigenvalue weighted by Gasteiger charge is 2.07. The number of nitrogens with one attached hydrogen (secondary N) is 1. The summed E-state index contributed by atoms with van der Waals surface area (Å²) in [4.78, 5) is 1.38. The standard InChI is InChI=1S/C15H17N5S2.ClH/c1-2-6-13(7-3-1)20-15(17-18-19-20)22-11-5-9-16-12-14-8-4-10-21-14;/h1-4,6-8,10,16H,5,9,11-12H2;1H. The maximum atomic E-state index is 4.10. The molecule has 23 heavy (non-hydrogen) atoms. The molecule has 3 aromatic rings. The maximum absolute atomic E-state index is 4.10. The van der Waals surface area contributed by atoms with Gasteiger partial charge in [-0.25, -0.2) is 0 Å². The summed E-state index contributed by atoms with van der Waals surface area (Å²) in [5, 5.41) is 18.3. The molecule has 0 fully saturated rings. The summed E-state index contributed by atoms with van der Waals surface area (Å²) < 4.78 is 1.78. The molecule has 0 aliphatic rings. The lowest BCUT2D eigenvalue weighted by Crippen LogP contribution is -2.14. The van der Waals surface area contributed by atoms with E-state index < -0.39 is 0 Å². The normalized spacial score (nSPS) is 10.4. The second-order valence-corrected chi connectivity index (χ2v) is 6.76.